The third-order valence-electron chi connectivity index (χ3n) is 3.75. The number of benzene rings is 1. The summed E-state index contributed by atoms with van der Waals surface area (Å²) < 4.78 is 13.1. The zero-order valence-electron chi connectivity index (χ0n) is 16.3. The Bertz CT molecular complexity index is 1120. The van der Waals surface area contributed by atoms with Crippen LogP contribution in [0.15, 0.2) is 87.6 Å². The molecule has 160 valence electrons. The number of nitrogens with one attached hydrogen (secondary N) is 2. The van der Waals surface area contributed by atoms with Crippen LogP contribution in [0.3, 0.4) is 0 Å². The van der Waals surface area contributed by atoms with Gasteiger partial charge in [-0.2, -0.15) is 0 Å². The molecular formula is C20H15FN8S3. The number of anilines is 1. The van der Waals surface area contributed by atoms with Crippen molar-refractivity contribution in [1.82, 2.24) is 35.2 Å². The summed E-state index contributed by atoms with van der Waals surface area (Å²) in [6, 6.07) is 11.5. The Morgan fingerprint density at radius 1 is 0.844 bits per heavy atom. The Balaban J connectivity index is 1.49. The highest BCUT2D eigenvalue weighted by molar-refractivity contribution is 7.99. The molecule has 0 atom stereocenters. The van der Waals surface area contributed by atoms with Crippen LogP contribution in [0.2, 0.25) is 0 Å². The van der Waals surface area contributed by atoms with E-state index < -0.39 is 0 Å². The second-order valence-corrected chi connectivity index (χ2v) is 8.45. The Morgan fingerprint density at radius 3 is 1.91 bits per heavy atom. The average molecular weight is 483 g/mol. The summed E-state index contributed by atoms with van der Waals surface area (Å²) in [5.74, 6) is 0.0213. The van der Waals surface area contributed by atoms with Gasteiger partial charge in [0.15, 0.2) is 15.4 Å². The second-order valence-electron chi connectivity index (χ2n) is 6.07. The van der Waals surface area contributed by atoms with E-state index in [1.807, 2.05) is 6.07 Å². The van der Waals surface area contributed by atoms with Gasteiger partial charge >= 0.3 is 0 Å². The topological polar surface area (TPSA) is 101 Å². The van der Waals surface area contributed by atoms with Gasteiger partial charge in [-0.3, -0.25) is 0 Å². The molecule has 1 aromatic carbocycles. The van der Waals surface area contributed by atoms with Crippen molar-refractivity contribution in [2.75, 3.05) is 5.32 Å². The quantitative estimate of drug-likeness (QED) is 0.227. The van der Waals surface area contributed by atoms with Crippen LogP contribution in [0.25, 0.3) is 0 Å². The summed E-state index contributed by atoms with van der Waals surface area (Å²) in [5.41, 5.74) is 0.888. The van der Waals surface area contributed by atoms with Crippen LogP contribution in [-0.4, -0.2) is 35.0 Å². The molecule has 0 spiro atoms. The fourth-order valence-electron chi connectivity index (χ4n) is 2.36. The van der Waals surface area contributed by atoms with Gasteiger partial charge in [0, 0.05) is 37.4 Å². The van der Waals surface area contributed by atoms with E-state index in [1.54, 1.807) is 49.1 Å². The maximum atomic E-state index is 13.1. The number of hydrogen-bond donors (Lipinski definition) is 2. The molecule has 0 bridgehead atoms. The maximum Gasteiger partial charge on any atom is 0.231 e. The third kappa shape index (κ3) is 6.64. The monoisotopic (exact) mass is 482 g/mol. The van der Waals surface area contributed by atoms with Crippen molar-refractivity contribution in [3.05, 3.63) is 78.6 Å². The minimum absolute atomic E-state index is 0.285. The molecule has 0 amide bonds. The molecule has 12 heteroatoms. The minimum Gasteiger partial charge on any atom is -0.358 e. The number of halogens is 1. The highest BCUT2D eigenvalue weighted by Gasteiger charge is 2.11. The van der Waals surface area contributed by atoms with Crippen molar-refractivity contribution in [3.63, 3.8) is 0 Å². The Labute approximate surface area is 197 Å². The zero-order valence-corrected chi connectivity index (χ0v) is 18.8. The largest absolute Gasteiger partial charge is 0.358 e. The minimum atomic E-state index is -0.285. The number of thiocarbonyl (C=S) groups is 1. The molecule has 3 heterocycles. The Kier molecular flexibility index (Phi) is 7.48. The van der Waals surface area contributed by atoms with Crippen molar-refractivity contribution in [2.24, 2.45) is 0 Å². The average Bonchev–Trinajstić information content (AvgIpc) is 2.80. The summed E-state index contributed by atoms with van der Waals surface area (Å²) in [6.07, 6.45) is 6.66. The smallest absolute Gasteiger partial charge is 0.231 e. The van der Waals surface area contributed by atoms with E-state index in [4.69, 9.17) is 12.2 Å². The molecule has 32 heavy (non-hydrogen) atoms. The van der Waals surface area contributed by atoms with Gasteiger partial charge in [-0.25, -0.2) is 34.3 Å². The van der Waals surface area contributed by atoms with E-state index in [1.165, 1.54) is 35.7 Å². The van der Waals surface area contributed by atoms with Crippen molar-refractivity contribution in [2.45, 2.75) is 26.9 Å². The van der Waals surface area contributed by atoms with E-state index in [2.05, 4.69) is 40.5 Å². The van der Waals surface area contributed by atoms with Gasteiger partial charge in [0.1, 0.15) is 15.9 Å². The van der Waals surface area contributed by atoms with Crippen LogP contribution >= 0.6 is 35.7 Å². The van der Waals surface area contributed by atoms with Crippen molar-refractivity contribution in [1.29, 1.82) is 0 Å². The first-order valence-electron chi connectivity index (χ1n) is 9.22. The molecule has 2 N–H and O–H groups in total. The van der Waals surface area contributed by atoms with Crippen LogP contribution in [0.1, 0.15) is 5.56 Å². The standard InChI is InChI=1S/C20H15FN8S3/c21-14-5-3-13(4-6-14)12-26-18(30)29-17-27-15(31-19-22-7-1-8-23-19)11-16(28-17)32-20-24-9-2-10-25-20/h1-11H,12H2,(H2,26,27,28,29,30). The molecule has 0 fully saturated rings. The Hall–Kier alpha value is -3.22. The third-order valence-corrected chi connectivity index (χ3v) is 5.62. The summed E-state index contributed by atoms with van der Waals surface area (Å²) >= 11 is 7.96. The van der Waals surface area contributed by atoms with Gasteiger partial charge in [0.05, 0.1) is 0 Å². The fraction of sp³-hybridized carbons (Fsp3) is 0.0500. The number of aromatic nitrogens is 6. The van der Waals surface area contributed by atoms with Gasteiger partial charge < -0.3 is 10.6 Å². The molecule has 8 nitrogen and oxygen atoms in total. The van der Waals surface area contributed by atoms with Crippen LogP contribution in [0, 0.1) is 5.82 Å². The van der Waals surface area contributed by atoms with E-state index in [0.717, 1.165) is 5.56 Å². The molecule has 0 aliphatic rings. The van der Waals surface area contributed by atoms with Gasteiger partial charge in [-0.15, -0.1) is 0 Å². The summed E-state index contributed by atoms with van der Waals surface area (Å²) in [6.45, 7) is 0.428. The van der Waals surface area contributed by atoms with Crippen molar-refractivity contribution in [3.8, 4) is 0 Å². The summed E-state index contributed by atoms with van der Waals surface area (Å²) in [5, 5.41) is 8.76. The van der Waals surface area contributed by atoms with Crippen molar-refractivity contribution >= 4 is 46.8 Å². The van der Waals surface area contributed by atoms with Crippen LogP contribution in [-0.2, 0) is 6.54 Å². The predicted molar refractivity (Wildman–Crippen MR) is 124 cm³/mol. The predicted octanol–water partition coefficient (Wildman–Crippen LogP) is 3.98. The first-order valence-corrected chi connectivity index (χ1v) is 11.3. The SMILES string of the molecule is Fc1ccc(CNC(=S)Nc2nc(Sc3ncccn3)cc(Sc3ncccn3)n2)cc1. The molecular weight excluding hydrogens is 467 g/mol. The molecule has 0 unspecified atom stereocenters. The first kappa shape index (κ1) is 22.0. The lowest BCUT2D eigenvalue weighted by atomic mass is 10.2. The highest BCUT2D eigenvalue weighted by Crippen LogP contribution is 2.29. The van der Waals surface area contributed by atoms with E-state index >= 15 is 0 Å². The number of rotatable bonds is 7. The highest BCUT2D eigenvalue weighted by atomic mass is 32.2. The molecule has 0 saturated carbocycles. The molecule has 4 aromatic rings. The molecule has 0 aliphatic heterocycles. The van der Waals surface area contributed by atoms with Gasteiger partial charge in [0.25, 0.3) is 0 Å². The van der Waals surface area contributed by atoms with E-state index in [9.17, 15) is 4.39 Å². The zero-order chi connectivity index (χ0) is 22.2. The van der Waals surface area contributed by atoms with Crippen LogP contribution < -0.4 is 10.6 Å². The molecule has 0 radical (unpaired) electrons. The van der Waals surface area contributed by atoms with Crippen LogP contribution in [0.5, 0.6) is 0 Å². The number of hydrogen-bond acceptors (Lipinski definition) is 9. The van der Waals surface area contributed by atoms with E-state index in [0.29, 0.717) is 38.0 Å². The molecule has 4 rings (SSSR count). The van der Waals surface area contributed by atoms with Gasteiger partial charge in [-0.05, 0) is 65.6 Å². The molecule has 0 saturated heterocycles. The Morgan fingerprint density at radius 2 is 1.38 bits per heavy atom. The van der Waals surface area contributed by atoms with Crippen LogP contribution in [0.4, 0.5) is 10.3 Å². The number of nitrogens with zero attached hydrogens (tertiary/aromatic N) is 6. The maximum absolute atomic E-state index is 13.1. The lowest BCUT2D eigenvalue weighted by Crippen LogP contribution is -2.28. The first-order chi connectivity index (χ1) is 15.6. The molecule has 3 aromatic heterocycles. The van der Waals surface area contributed by atoms with E-state index in [-0.39, 0.29) is 5.82 Å². The van der Waals surface area contributed by atoms with Gasteiger partial charge in [-0.1, -0.05) is 12.1 Å². The lowest BCUT2D eigenvalue weighted by molar-refractivity contribution is 0.627. The van der Waals surface area contributed by atoms with Crippen molar-refractivity contribution < 1.29 is 4.39 Å². The summed E-state index contributed by atoms with van der Waals surface area (Å²) in [4.78, 5) is 25.9. The second kappa shape index (κ2) is 10.9. The summed E-state index contributed by atoms with van der Waals surface area (Å²) in [7, 11) is 0. The normalized spacial score (nSPS) is 10.5. The molecule has 0 aliphatic carbocycles. The fourth-order valence-corrected chi connectivity index (χ4v) is 4.03. The van der Waals surface area contributed by atoms with Gasteiger partial charge in [0.2, 0.25) is 5.95 Å². The lowest BCUT2D eigenvalue weighted by Gasteiger charge is -2.11.